The van der Waals surface area contributed by atoms with Crippen LogP contribution in [0.1, 0.15) is 44.9 Å². The molecule has 128 valence electrons. The fourth-order valence-corrected chi connectivity index (χ4v) is 4.67. The van der Waals surface area contributed by atoms with Crippen LogP contribution in [0.4, 0.5) is 0 Å². The van der Waals surface area contributed by atoms with Crippen LogP contribution < -0.4 is 0 Å². The van der Waals surface area contributed by atoms with Gasteiger partial charge in [0.25, 0.3) is 0 Å². The highest BCUT2D eigenvalue weighted by molar-refractivity contribution is 4.89. The zero-order valence-electron chi connectivity index (χ0n) is 14.4. The van der Waals surface area contributed by atoms with Crippen molar-refractivity contribution in [3.05, 3.63) is 0 Å². The molecule has 0 radical (unpaired) electrons. The lowest BCUT2D eigenvalue weighted by molar-refractivity contribution is -0.0270. The van der Waals surface area contributed by atoms with Gasteiger partial charge in [0.15, 0.2) is 0 Å². The largest absolute Gasteiger partial charge is 0.390 e. The van der Waals surface area contributed by atoms with Crippen molar-refractivity contribution in [2.45, 2.75) is 57.1 Å². The van der Waals surface area contributed by atoms with Crippen LogP contribution in [0.15, 0.2) is 0 Å². The van der Waals surface area contributed by atoms with Crippen molar-refractivity contribution in [1.29, 1.82) is 0 Å². The Morgan fingerprint density at radius 2 is 1.68 bits per heavy atom. The molecule has 3 rings (SSSR count). The molecule has 0 amide bonds. The summed E-state index contributed by atoms with van der Waals surface area (Å²) in [6, 6.07) is 0.403. The summed E-state index contributed by atoms with van der Waals surface area (Å²) in [6.45, 7) is 7.81. The van der Waals surface area contributed by atoms with Gasteiger partial charge in [0.1, 0.15) is 0 Å². The van der Waals surface area contributed by atoms with E-state index in [1.54, 1.807) is 0 Å². The summed E-state index contributed by atoms with van der Waals surface area (Å²) in [5.74, 6) is 1.01. The quantitative estimate of drug-likeness (QED) is 0.836. The average molecular weight is 309 g/mol. The summed E-state index contributed by atoms with van der Waals surface area (Å²) < 4.78 is 0. The number of β-amino-alcohol motifs (C(OH)–C–C–N with tert-alkyl or cyclic N) is 1. The number of piperidine rings is 1. The maximum Gasteiger partial charge on any atom is 0.0822 e. The van der Waals surface area contributed by atoms with Gasteiger partial charge in [-0.15, -0.1) is 0 Å². The van der Waals surface area contributed by atoms with Crippen molar-refractivity contribution in [1.82, 2.24) is 14.7 Å². The second-order valence-corrected chi connectivity index (χ2v) is 7.86. The molecular weight excluding hydrogens is 274 g/mol. The highest BCUT2D eigenvalue weighted by atomic mass is 16.3. The second kappa shape index (κ2) is 8.09. The Balaban J connectivity index is 1.36. The number of nitrogens with zero attached hydrogens (tertiary/aromatic N) is 3. The van der Waals surface area contributed by atoms with Crippen LogP contribution in [0.25, 0.3) is 0 Å². The summed E-state index contributed by atoms with van der Waals surface area (Å²) in [7, 11) is 2.20. The first-order valence-electron chi connectivity index (χ1n) is 9.55. The predicted octanol–water partition coefficient (Wildman–Crippen LogP) is 1.64. The first kappa shape index (κ1) is 16.7. The first-order valence-corrected chi connectivity index (χ1v) is 9.55. The molecule has 2 aliphatic heterocycles. The predicted molar refractivity (Wildman–Crippen MR) is 91.1 cm³/mol. The summed E-state index contributed by atoms with van der Waals surface area (Å²) in [5, 5.41) is 10.6. The maximum absolute atomic E-state index is 10.6. The number of hydrogen-bond donors (Lipinski definition) is 1. The molecule has 3 aliphatic rings. The molecule has 4 nitrogen and oxygen atoms in total. The number of hydrogen-bond acceptors (Lipinski definition) is 4. The Bertz CT molecular complexity index is 324. The van der Waals surface area contributed by atoms with Crippen LogP contribution in [0.3, 0.4) is 0 Å². The van der Waals surface area contributed by atoms with E-state index in [0.29, 0.717) is 6.04 Å². The van der Waals surface area contributed by atoms with Crippen LogP contribution in [0, 0.1) is 5.92 Å². The zero-order chi connectivity index (χ0) is 15.4. The SMILES string of the molecule is CN1CCN([C@@H]2CCN(CCCC3CCCC3)C[C@H]2O)CC1. The van der Waals surface area contributed by atoms with Crippen LogP contribution in [-0.2, 0) is 0 Å². The molecule has 0 bridgehead atoms. The first-order chi connectivity index (χ1) is 10.7. The van der Waals surface area contributed by atoms with Gasteiger partial charge in [0.2, 0.25) is 0 Å². The van der Waals surface area contributed by atoms with Crippen LogP contribution in [0.2, 0.25) is 0 Å². The molecule has 1 saturated carbocycles. The summed E-state index contributed by atoms with van der Waals surface area (Å²) in [6.07, 6.45) is 9.59. The second-order valence-electron chi connectivity index (χ2n) is 7.86. The third-order valence-corrected chi connectivity index (χ3v) is 6.20. The van der Waals surface area contributed by atoms with Gasteiger partial charge in [-0.2, -0.15) is 0 Å². The number of aliphatic hydroxyl groups is 1. The summed E-state index contributed by atoms with van der Waals surface area (Å²) >= 11 is 0. The van der Waals surface area contributed by atoms with Crippen molar-refractivity contribution < 1.29 is 5.11 Å². The van der Waals surface area contributed by atoms with E-state index in [0.717, 1.165) is 45.1 Å². The van der Waals surface area contributed by atoms with E-state index >= 15 is 0 Å². The van der Waals surface area contributed by atoms with E-state index in [2.05, 4.69) is 21.7 Å². The van der Waals surface area contributed by atoms with E-state index in [4.69, 9.17) is 0 Å². The molecule has 3 fully saturated rings. The van der Waals surface area contributed by atoms with E-state index in [-0.39, 0.29) is 6.10 Å². The van der Waals surface area contributed by atoms with E-state index in [1.807, 2.05) is 0 Å². The molecule has 0 aromatic heterocycles. The lowest BCUT2D eigenvalue weighted by Gasteiger charge is -2.44. The van der Waals surface area contributed by atoms with Crippen LogP contribution in [-0.4, -0.2) is 84.8 Å². The molecule has 22 heavy (non-hydrogen) atoms. The molecule has 1 N–H and O–H groups in total. The minimum Gasteiger partial charge on any atom is -0.390 e. The Kier molecular flexibility index (Phi) is 6.14. The van der Waals surface area contributed by atoms with Gasteiger partial charge >= 0.3 is 0 Å². The van der Waals surface area contributed by atoms with Crippen molar-refractivity contribution in [3.63, 3.8) is 0 Å². The lowest BCUT2D eigenvalue weighted by Crippen LogP contribution is -2.58. The fraction of sp³-hybridized carbons (Fsp3) is 1.00. The highest BCUT2D eigenvalue weighted by Gasteiger charge is 2.33. The third kappa shape index (κ3) is 4.44. The molecule has 0 unspecified atom stereocenters. The van der Waals surface area contributed by atoms with Gasteiger partial charge in [-0.1, -0.05) is 25.7 Å². The number of rotatable bonds is 5. The number of likely N-dealkylation sites (tertiary alicyclic amines) is 1. The molecule has 1 aliphatic carbocycles. The molecule has 4 heteroatoms. The zero-order valence-corrected chi connectivity index (χ0v) is 14.4. The highest BCUT2D eigenvalue weighted by Crippen LogP contribution is 2.28. The molecule has 2 saturated heterocycles. The molecule has 0 aromatic carbocycles. The summed E-state index contributed by atoms with van der Waals surface area (Å²) in [4.78, 5) is 7.42. The van der Waals surface area contributed by atoms with Gasteiger partial charge in [0, 0.05) is 38.8 Å². The van der Waals surface area contributed by atoms with Crippen LogP contribution >= 0.6 is 0 Å². The van der Waals surface area contributed by atoms with E-state index < -0.39 is 0 Å². The Morgan fingerprint density at radius 1 is 0.955 bits per heavy atom. The Morgan fingerprint density at radius 3 is 2.36 bits per heavy atom. The van der Waals surface area contributed by atoms with Crippen molar-refractivity contribution in [2.24, 2.45) is 5.92 Å². The molecule has 2 atom stereocenters. The monoisotopic (exact) mass is 309 g/mol. The van der Waals surface area contributed by atoms with Gasteiger partial charge in [-0.3, -0.25) is 4.90 Å². The van der Waals surface area contributed by atoms with Gasteiger partial charge in [0.05, 0.1) is 6.10 Å². The lowest BCUT2D eigenvalue weighted by atomic mass is 9.98. The number of likely N-dealkylation sites (N-methyl/N-ethyl adjacent to an activating group) is 1. The Labute approximate surface area is 136 Å². The third-order valence-electron chi connectivity index (χ3n) is 6.20. The van der Waals surface area contributed by atoms with Crippen molar-refractivity contribution in [2.75, 3.05) is 52.9 Å². The molecular formula is C18H35N3O. The van der Waals surface area contributed by atoms with Crippen molar-refractivity contribution >= 4 is 0 Å². The molecule has 0 spiro atoms. The topological polar surface area (TPSA) is 30.0 Å². The molecule has 2 heterocycles. The maximum atomic E-state index is 10.6. The van der Waals surface area contributed by atoms with E-state index in [9.17, 15) is 5.11 Å². The number of piperazine rings is 1. The smallest absolute Gasteiger partial charge is 0.0822 e. The molecule has 0 aromatic rings. The number of aliphatic hydroxyl groups excluding tert-OH is 1. The fourth-order valence-electron chi connectivity index (χ4n) is 4.67. The van der Waals surface area contributed by atoms with Crippen molar-refractivity contribution in [3.8, 4) is 0 Å². The van der Waals surface area contributed by atoms with Crippen LogP contribution in [0.5, 0.6) is 0 Å². The summed E-state index contributed by atoms with van der Waals surface area (Å²) in [5.41, 5.74) is 0. The average Bonchev–Trinajstić information content (AvgIpc) is 3.02. The van der Waals surface area contributed by atoms with Gasteiger partial charge < -0.3 is 14.9 Å². The standard InChI is InChI=1S/C18H35N3O/c1-19-11-13-21(14-12-19)17-8-10-20(15-18(17)22)9-4-7-16-5-2-3-6-16/h16-18,22H,2-15H2,1H3/t17-,18-/m1/s1. The minimum absolute atomic E-state index is 0.149. The minimum atomic E-state index is -0.149. The van der Waals surface area contributed by atoms with E-state index in [1.165, 1.54) is 51.6 Å². The Hall–Kier alpha value is -0.160. The van der Waals surface area contributed by atoms with Gasteiger partial charge in [-0.25, -0.2) is 0 Å². The van der Waals surface area contributed by atoms with Gasteiger partial charge in [-0.05, 0) is 45.3 Å². The normalized spacial score (nSPS) is 33.5.